The van der Waals surface area contributed by atoms with Crippen LogP contribution in [0.4, 0.5) is 0 Å². The molecule has 0 unspecified atom stereocenters. The minimum Gasteiger partial charge on any atom is -0.494 e. The van der Waals surface area contributed by atoms with Gasteiger partial charge in [-0.15, -0.1) is 0 Å². The Morgan fingerprint density at radius 1 is 0.811 bits per heavy atom. The standard InChI is InChI=1S/C31H34N2O4/c1-4-19-35-25-14-12-23(13-15-25)29-22-30(36-20-18-33(5-2)6-3)27-21-26(16-17-28(27)32-29)37-31(34)24-10-8-7-9-11-24/h7-17,21-22H,4-6,18-20H2,1-3H3. The van der Waals surface area contributed by atoms with Gasteiger partial charge in [-0.3, -0.25) is 0 Å². The molecule has 1 aromatic heterocycles. The van der Waals surface area contributed by atoms with Crippen molar-refractivity contribution in [1.29, 1.82) is 0 Å². The van der Waals surface area contributed by atoms with Crippen molar-refractivity contribution in [3.8, 4) is 28.5 Å². The zero-order chi connectivity index (χ0) is 26.0. The predicted molar refractivity (Wildman–Crippen MR) is 148 cm³/mol. The molecule has 0 aliphatic rings. The van der Waals surface area contributed by atoms with Crippen LogP contribution in [0.3, 0.4) is 0 Å². The number of likely N-dealkylation sites (N-methyl/N-ethyl adjacent to an activating group) is 1. The van der Waals surface area contributed by atoms with Crippen LogP contribution in [0.1, 0.15) is 37.6 Å². The van der Waals surface area contributed by atoms with Crippen molar-refractivity contribution in [3.05, 3.63) is 84.4 Å². The van der Waals surface area contributed by atoms with Crippen molar-refractivity contribution in [1.82, 2.24) is 9.88 Å². The summed E-state index contributed by atoms with van der Waals surface area (Å²) in [4.78, 5) is 19.8. The number of ether oxygens (including phenoxy) is 3. The maximum atomic E-state index is 12.6. The Labute approximate surface area is 218 Å². The van der Waals surface area contributed by atoms with E-state index < -0.39 is 5.97 Å². The molecule has 0 spiro atoms. The van der Waals surface area contributed by atoms with E-state index in [0.29, 0.717) is 30.3 Å². The topological polar surface area (TPSA) is 60.9 Å². The van der Waals surface area contributed by atoms with Gasteiger partial charge >= 0.3 is 5.97 Å². The lowest BCUT2D eigenvalue weighted by Gasteiger charge is -2.19. The lowest BCUT2D eigenvalue weighted by molar-refractivity contribution is 0.0735. The molecule has 6 heteroatoms. The molecule has 0 amide bonds. The van der Waals surface area contributed by atoms with Gasteiger partial charge in [0.2, 0.25) is 0 Å². The van der Waals surface area contributed by atoms with Crippen molar-refractivity contribution < 1.29 is 19.0 Å². The van der Waals surface area contributed by atoms with Gasteiger partial charge in [-0.2, -0.15) is 0 Å². The molecule has 1 heterocycles. The van der Waals surface area contributed by atoms with Crippen LogP contribution in [-0.2, 0) is 0 Å². The summed E-state index contributed by atoms with van der Waals surface area (Å²) in [5.41, 5.74) is 3.04. The van der Waals surface area contributed by atoms with Gasteiger partial charge in [0.15, 0.2) is 0 Å². The van der Waals surface area contributed by atoms with E-state index in [1.54, 1.807) is 18.2 Å². The average Bonchev–Trinajstić information content (AvgIpc) is 2.95. The Hall–Kier alpha value is -3.90. The van der Waals surface area contributed by atoms with E-state index in [1.165, 1.54) is 0 Å². The normalized spacial score (nSPS) is 11.0. The zero-order valence-corrected chi connectivity index (χ0v) is 21.8. The molecule has 0 radical (unpaired) electrons. The van der Waals surface area contributed by atoms with Crippen molar-refractivity contribution >= 4 is 16.9 Å². The molecule has 0 atom stereocenters. The number of hydrogen-bond acceptors (Lipinski definition) is 6. The van der Waals surface area contributed by atoms with Gasteiger partial charge in [-0.25, -0.2) is 9.78 Å². The van der Waals surface area contributed by atoms with Crippen molar-refractivity contribution in [2.75, 3.05) is 32.8 Å². The smallest absolute Gasteiger partial charge is 0.343 e. The molecule has 37 heavy (non-hydrogen) atoms. The molecule has 3 aromatic carbocycles. The highest BCUT2D eigenvalue weighted by Crippen LogP contribution is 2.33. The van der Waals surface area contributed by atoms with Gasteiger partial charge in [0, 0.05) is 23.6 Å². The molecule has 0 aliphatic heterocycles. The van der Waals surface area contributed by atoms with E-state index in [2.05, 4.69) is 25.7 Å². The monoisotopic (exact) mass is 498 g/mol. The minimum absolute atomic E-state index is 0.404. The second kappa shape index (κ2) is 12.9. The first-order valence-electron chi connectivity index (χ1n) is 12.9. The van der Waals surface area contributed by atoms with E-state index >= 15 is 0 Å². The first-order valence-corrected chi connectivity index (χ1v) is 12.9. The van der Waals surface area contributed by atoms with Gasteiger partial charge in [0.05, 0.1) is 23.4 Å². The molecule has 0 saturated carbocycles. The Balaban J connectivity index is 1.64. The van der Waals surface area contributed by atoms with E-state index in [-0.39, 0.29) is 0 Å². The number of benzene rings is 3. The maximum Gasteiger partial charge on any atom is 0.343 e. The quantitative estimate of drug-likeness (QED) is 0.161. The van der Waals surface area contributed by atoms with Gasteiger partial charge in [0.1, 0.15) is 23.9 Å². The van der Waals surface area contributed by atoms with Crippen molar-refractivity contribution in [2.24, 2.45) is 0 Å². The van der Waals surface area contributed by atoms with Gasteiger partial charge in [0.25, 0.3) is 0 Å². The predicted octanol–water partition coefficient (Wildman–Crippen LogP) is 6.63. The highest BCUT2D eigenvalue weighted by atomic mass is 16.5. The number of rotatable bonds is 12. The Morgan fingerprint density at radius 3 is 2.24 bits per heavy atom. The summed E-state index contributed by atoms with van der Waals surface area (Å²) >= 11 is 0. The molecule has 0 aliphatic carbocycles. The number of carbonyl (C=O) groups is 1. The van der Waals surface area contributed by atoms with Gasteiger partial charge in [-0.05, 0) is 74.1 Å². The number of aromatic nitrogens is 1. The molecule has 0 saturated heterocycles. The summed E-state index contributed by atoms with van der Waals surface area (Å²) in [6, 6.07) is 24.3. The second-order valence-electron chi connectivity index (χ2n) is 8.69. The molecule has 0 fully saturated rings. The molecular weight excluding hydrogens is 464 g/mol. The highest BCUT2D eigenvalue weighted by Gasteiger charge is 2.14. The van der Waals surface area contributed by atoms with Crippen LogP contribution in [0.2, 0.25) is 0 Å². The summed E-state index contributed by atoms with van der Waals surface area (Å²) in [5.74, 6) is 1.59. The van der Waals surface area contributed by atoms with Crippen molar-refractivity contribution in [3.63, 3.8) is 0 Å². The number of nitrogens with zero attached hydrogens (tertiary/aromatic N) is 2. The van der Waals surface area contributed by atoms with Crippen LogP contribution >= 0.6 is 0 Å². The molecule has 4 rings (SSSR count). The number of pyridine rings is 1. The fraction of sp³-hybridized carbons (Fsp3) is 0.290. The Kier molecular flexibility index (Phi) is 9.11. The van der Waals surface area contributed by atoms with Crippen LogP contribution in [0.15, 0.2) is 78.9 Å². The van der Waals surface area contributed by atoms with Crippen LogP contribution < -0.4 is 14.2 Å². The molecule has 192 valence electrons. The third-order valence-electron chi connectivity index (χ3n) is 6.14. The largest absolute Gasteiger partial charge is 0.494 e. The van der Waals surface area contributed by atoms with E-state index in [4.69, 9.17) is 19.2 Å². The molecule has 4 aromatic rings. The summed E-state index contributed by atoms with van der Waals surface area (Å²) in [6.45, 7) is 10.4. The number of hydrogen-bond donors (Lipinski definition) is 0. The molecule has 0 N–H and O–H groups in total. The third kappa shape index (κ3) is 6.86. The number of esters is 1. The maximum absolute atomic E-state index is 12.6. The van der Waals surface area contributed by atoms with Crippen LogP contribution in [0.25, 0.3) is 22.2 Å². The lowest BCUT2D eigenvalue weighted by atomic mass is 10.1. The Morgan fingerprint density at radius 2 is 1.54 bits per heavy atom. The first-order chi connectivity index (χ1) is 18.1. The van der Waals surface area contributed by atoms with Crippen LogP contribution in [0.5, 0.6) is 17.2 Å². The van der Waals surface area contributed by atoms with E-state index in [0.717, 1.165) is 54.0 Å². The summed E-state index contributed by atoms with van der Waals surface area (Å²) < 4.78 is 17.7. The van der Waals surface area contributed by atoms with Gasteiger partial charge < -0.3 is 19.1 Å². The van der Waals surface area contributed by atoms with Crippen LogP contribution in [0, 0.1) is 0 Å². The average molecular weight is 499 g/mol. The molecule has 6 nitrogen and oxygen atoms in total. The highest BCUT2D eigenvalue weighted by molar-refractivity contribution is 5.93. The van der Waals surface area contributed by atoms with Gasteiger partial charge in [-0.1, -0.05) is 39.0 Å². The van der Waals surface area contributed by atoms with Crippen molar-refractivity contribution in [2.45, 2.75) is 27.2 Å². The molecular formula is C31H34N2O4. The first kappa shape index (κ1) is 26.2. The fourth-order valence-electron chi connectivity index (χ4n) is 4.01. The fourth-order valence-corrected chi connectivity index (χ4v) is 4.01. The number of carbonyl (C=O) groups excluding carboxylic acids is 1. The summed E-state index contributed by atoms with van der Waals surface area (Å²) in [6.07, 6.45) is 0.963. The second-order valence-corrected chi connectivity index (χ2v) is 8.69. The Bertz CT molecular complexity index is 1300. The summed E-state index contributed by atoms with van der Waals surface area (Å²) in [7, 11) is 0. The summed E-state index contributed by atoms with van der Waals surface area (Å²) in [5, 5.41) is 0.796. The van der Waals surface area contributed by atoms with Crippen LogP contribution in [-0.4, -0.2) is 48.7 Å². The third-order valence-corrected chi connectivity index (χ3v) is 6.14. The SMILES string of the molecule is CCCOc1ccc(-c2cc(OCCN(CC)CC)c3cc(OC(=O)c4ccccc4)ccc3n2)cc1. The van der Waals surface area contributed by atoms with E-state index in [9.17, 15) is 4.79 Å². The zero-order valence-electron chi connectivity index (χ0n) is 21.8. The van der Waals surface area contributed by atoms with E-state index in [1.807, 2.05) is 60.7 Å². The minimum atomic E-state index is -0.404. The lowest BCUT2D eigenvalue weighted by Crippen LogP contribution is -2.27. The molecule has 0 bridgehead atoms. The number of fused-ring (bicyclic) bond motifs is 1.